The maximum atomic E-state index is 14.6. The molecule has 0 fully saturated rings. The van der Waals surface area contributed by atoms with Gasteiger partial charge in [-0.15, -0.1) is 0 Å². The Kier molecular flexibility index (Phi) is 4.73. The van der Waals surface area contributed by atoms with Crippen LogP contribution in [0.3, 0.4) is 0 Å². The number of ether oxygens (including phenoxy) is 2. The summed E-state index contributed by atoms with van der Waals surface area (Å²) in [6.07, 6.45) is 6.65. The number of Topliss-reactive ketones (excluding diaryl/α,β-unsaturated/α-hetero) is 1. The summed E-state index contributed by atoms with van der Waals surface area (Å²) in [7, 11) is 0. The normalized spacial score (nSPS) is 20.5. The van der Waals surface area contributed by atoms with Crippen molar-refractivity contribution in [3.05, 3.63) is 39.0 Å². The summed E-state index contributed by atoms with van der Waals surface area (Å²) in [5.74, 6) is -0.329. The Labute approximate surface area is 162 Å². The Hall–Kier alpha value is -2.63. The van der Waals surface area contributed by atoms with Gasteiger partial charge in [-0.3, -0.25) is 4.79 Å². The van der Waals surface area contributed by atoms with Gasteiger partial charge < -0.3 is 13.9 Å². The Morgan fingerprint density at radius 2 is 1.96 bits per heavy atom. The minimum atomic E-state index is -1.08. The third kappa shape index (κ3) is 2.82. The summed E-state index contributed by atoms with van der Waals surface area (Å²) >= 11 is 0. The molecule has 1 aromatic heterocycles. The summed E-state index contributed by atoms with van der Waals surface area (Å²) in [6.45, 7) is 5.68. The average molecular weight is 386 g/mol. The van der Waals surface area contributed by atoms with Crippen LogP contribution in [-0.4, -0.2) is 18.0 Å². The van der Waals surface area contributed by atoms with E-state index < -0.39 is 11.4 Å². The van der Waals surface area contributed by atoms with Crippen molar-refractivity contribution in [1.29, 1.82) is 0 Å². The number of hydrogen-bond donors (Lipinski definition) is 0. The molecule has 3 heterocycles. The monoisotopic (exact) mass is 386 g/mol. The lowest BCUT2D eigenvalue weighted by atomic mass is 9.91. The molecule has 0 spiro atoms. The lowest BCUT2D eigenvalue weighted by Crippen LogP contribution is -2.27. The third-order valence-corrected chi connectivity index (χ3v) is 5.35. The van der Waals surface area contributed by atoms with E-state index in [1.165, 1.54) is 0 Å². The highest BCUT2D eigenvalue weighted by atomic mass is 19.1. The van der Waals surface area contributed by atoms with E-state index >= 15 is 0 Å². The van der Waals surface area contributed by atoms with Crippen LogP contribution in [0.25, 0.3) is 17.0 Å². The largest absolute Gasteiger partial charge is 0.489 e. The van der Waals surface area contributed by atoms with Crippen LogP contribution in [-0.2, 0) is 6.42 Å². The zero-order valence-corrected chi connectivity index (χ0v) is 16.3. The topological polar surface area (TPSA) is 65.7 Å². The Morgan fingerprint density at radius 3 is 2.68 bits per heavy atom. The van der Waals surface area contributed by atoms with E-state index in [1.54, 1.807) is 6.92 Å². The summed E-state index contributed by atoms with van der Waals surface area (Å²) in [5, 5.41) is 0.366. The molecule has 28 heavy (non-hydrogen) atoms. The highest BCUT2D eigenvalue weighted by molar-refractivity contribution is 6.13. The molecule has 2 aromatic rings. The molecule has 148 valence electrons. The number of carbonyl (C=O) groups is 1. The van der Waals surface area contributed by atoms with Crippen LogP contribution in [0.4, 0.5) is 4.39 Å². The first-order chi connectivity index (χ1) is 13.5. The predicted octanol–water partition coefficient (Wildman–Crippen LogP) is 4.81. The quantitative estimate of drug-likeness (QED) is 0.706. The lowest BCUT2D eigenvalue weighted by Gasteiger charge is -2.30. The first kappa shape index (κ1) is 18.7. The molecule has 0 radical (unpaired) electrons. The SMILES string of the molecule is CCCCC1C=Cc2c3c(c4oc(=O)c(F)c(CC)c4c2O1)C(=O)CC(C)O3. The summed E-state index contributed by atoms with van der Waals surface area (Å²) < 4.78 is 32.1. The molecule has 2 atom stereocenters. The Balaban J connectivity index is 2.07. The zero-order chi connectivity index (χ0) is 20.0. The predicted molar refractivity (Wildman–Crippen MR) is 104 cm³/mol. The summed E-state index contributed by atoms with van der Waals surface area (Å²) in [6, 6.07) is 0. The van der Waals surface area contributed by atoms with Crippen molar-refractivity contribution >= 4 is 22.8 Å². The van der Waals surface area contributed by atoms with Crippen LogP contribution in [0.2, 0.25) is 0 Å². The van der Waals surface area contributed by atoms with Gasteiger partial charge in [-0.05, 0) is 38.3 Å². The van der Waals surface area contributed by atoms with Gasteiger partial charge in [-0.1, -0.05) is 20.3 Å². The number of unbranched alkanes of at least 4 members (excludes halogenated alkanes) is 1. The van der Waals surface area contributed by atoms with Crippen molar-refractivity contribution in [1.82, 2.24) is 0 Å². The van der Waals surface area contributed by atoms with E-state index in [1.807, 2.05) is 19.1 Å². The zero-order valence-electron chi connectivity index (χ0n) is 16.3. The Bertz CT molecular complexity index is 1050. The van der Waals surface area contributed by atoms with Crippen LogP contribution in [0.15, 0.2) is 15.3 Å². The average Bonchev–Trinajstić information content (AvgIpc) is 2.67. The number of aryl methyl sites for hydroxylation is 1. The van der Waals surface area contributed by atoms with E-state index in [2.05, 4.69) is 6.92 Å². The second-order valence-electron chi connectivity index (χ2n) is 7.40. The van der Waals surface area contributed by atoms with E-state index in [-0.39, 0.29) is 47.5 Å². The molecule has 2 aliphatic heterocycles. The molecule has 5 nitrogen and oxygen atoms in total. The van der Waals surface area contributed by atoms with E-state index in [0.717, 1.165) is 19.3 Å². The van der Waals surface area contributed by atoms with Crippen LogP contribution in [0.5, 0.6) is 11.5 Å². The second kappa shape index (κ2) is 7.08. The van der Waals surface area contributed by atoms with Crippen molar-refractivity contribution in [3.63, 3.8) is 0 Å². The second-order valence-corrected chi connectivity index (χ2v) is 7.40. The van der Waals surface area contributed by atoms with Crippen molar-refractivity contribution in [2.75, 3.05) is 0 Å². The molecule has 0 bridgehead atoms. The Morgan fingerprint density at radius 1 is 1.18 bits per heavy atom. The molecule has 1 aromatic carbocycles. The molecule has 0 saturated heterocycles. The van der Waals surface area contributed by atoms with E-state index in [4.69, 9.17) is 13.9 Å². The molecule has 2 unspecified atom stereocenters. The summed E-state index contributed by atoms with van der Waals surface area (Å²) in [5.41, 5.74) is 0.0171. The first-order valence-electron chi connectivity index (χ1n) is 9.86. The van der Waals surface area contributed by atoms with Crippen LogP contribution >= 0.6 is 0 Å². The minimum absolute atomic E-state index is 0.0680. The first-order valence-corrected chi connectivity index (χ1v) is 9.86. The fourth-order valence-corrected chi connectivity index (χ4v) is 3.99. The van der Waals surface area contributed by atoms with Gasteiger partial charge in [0, 0.05) is 12.0 Å². The minimum Gasteiger partial charge on any atom is -0.489 e. The number of hydrogen-bond acceptors (Lipinski definition) is 5. The third-order valence-electron chi connectivity index (χ3n) is 5.35. The molecular formula is C22H23FO5. The number of benzene rings is 1. The highest BCUT2D eigenvalue weighted by Crippen LogP contribution is 2.48. The number of carbonyl (C=O) groups excluding carboxylic acids is 1. The highest BCUT2D eigenvalue weighted by Gasteiger charge is 2.35. The molecule has 4 rings (SSSR count). The van der Waals surface area contributed by atoms with Crippen molar-refractivity contribution in [3.8, 4) is 11.5 Å². The van der Waals surface area contributed by atoms with E-state index in [9.17, 15) is 14.0 Å². The van der Waals surface area contributed by atoms with Crippen LogP contribution in [0.1, 0.15) is 67.9 Å². The number of rotatable bonds is 4. The van der Waals surface area contributed by atoms with Crippen molar-refractivity contribution in [2.24, 2.45) is 0 Å². The fourth-order valence-electron chi connectivity index (χ4n) is 3.99. The van der Waals surface area contributed by atoms with E-state index in [0.29, 0.717) is 22.4 Å². The molecule has 0 aliphatic carbocycles. The molecule has 6 heteroatoms. The van der Waals surface area contributed by atoms with Crippen LogP contribution < -0.4 is 15.1 Å². The molecule has 2 aliphatic rings. The molecule has 0 saturated carbocycles. The number of fused-ring (bicyclic) bond motifs is 6. The van der Waals surface area contributed by atoms with Crippen LogP contribution in [0, 0.1) is 5.82 Å². The van der Waals surface area contributed by atoms with Gasteiger partial charge >= 0.3 is 5.63 Å². The molecule has 0 amide bonds. The summed E-state index contributed by atoms with van der Waals surface area (Å²) in [4.78, 5) is 24.9. The van der Waals surface area contributed by atoms with Gasteiger partial charge in [0.15, 0.2) is 11.4 Å². The van der Waals surface area contributed by atoms with Gasteiger partial charge in [-0.2, -0.15) is 4.39 Å². The standard InChI is InChI=1S/C22H23FO5/c1-4-6-7-12-8-9-14-19(27-12)16-13(5-2)18(23)22(25)28-21(16)17-15(24)10-11(3)26-20(14)17/h8-9,11-12H,4-7,10H2,1-3H3. The maximum Gasteiger partial charge on any atom is 0.372 e. The smallest absolute Gasteiger partial charge is 0.372 e. The molecule has 0 N–H and O–H groups in total. The van der Waals surface area contributed by atoms with Gasteiger partial charge in [0.1, 0.15) is 29.3 Å². The fraction of sp³-hybridized carbons (Fsp3) is 0.455. The van der Waals surface area contributed by atoms with Gasteiger partial charge in [0.05, 0.1) is 10.9 Å². The van der Waals surface area contributed by atoms with Crippen molar-refractivity contribution < 1.29 is 23.1 Å². The van der Waals surface area contributed by atoms with Gasteiger partial charge in [0.2, 0.25) is 5.82 Å². The van der Waals surface area contributed by atoms with Gasteiger partial charge in [0.25, 0.3) is 0 Å². The number of ketones is 1. The maximum absolute atomic E-state index is 14.6. The molecular weight excluding hydrogens is 363 g/mol. The lowest BCUT2D eigenvalue weighted by molar-refractivity contribution is 0.0870. The van der Waals surface area contributed by atoms with Gasteiger partial charge in [-0.25, -0.2) is 4.79 Å². The van der Waals surface area contributed by atoms with Crippen molar-refractivity contribution in [2.45, 2.75) is 65.1 Å². The number of halogens is 1.